The molecule has 18 heteroatoms. The van der Waals surface area contributed by atoms with Crippen LogP contribution in [0.2, 0.25) is 0 Å². The average molecular weight is 1440 g/mol. The molecule has 0 unspecified atom stereocenters. The molecule has 14 nitrogen and oxygen atoms in total. The number of fused-ring (bicyclic) bond motifs is 12. The number of aromatic nitrogens is 7. The molecule has 106 heavy (non-hydrogen) atoms. The van der Waals surface area contributed by atoms with Gasteiger partial charge in [0.25, 0.3) is 0 Å². The maximum atomic E-state index is 12.8. The van der Waals surface area contributed by atoms with Gasteiger partial charge in [-0.15, -0.1) is 0 Å². The molecule has 11 heterocycles. The Labute approximate surface area is 621 Å². The molecule has 544 valence electrons. The minimum absolute atomic E-state index is 0.0929. The van der Waals surface area contributed by atoms with Crippen molar-refractivity contribution < 1.29 is 21.6 Å². The van der Waals surface area contributed by atoms with Gasteiger partial charge in [0.15, 0.2) is 0 Å². The van der Waals surface area contributed by atoms with Crippen LogP contribution in [-0.2, 0) is 74.5 Å². The van der Waals surface area contributed by atoms with E-state index in [9.17, 15) is 21.6 Å². The van der Waals surface area contributed by atoms with Crippen molar-refractivity contribution in [1.82, 2.24) is 52.8 Å². The summed E-state index contributed by atoms with van der Waals surface area (Å²) in [7, 11) is 4.97. The van der Waals surface area contributed by atoms with E-state index in [-0.39, 0.29) is 4.90 Å². The molecule has 0 fully saturated rings. The van der Waals surface area contributed by atoms with Crippen molar-refractivity contribution in [3.05, 3.63) is 259 Å². The van der Waals surface area contributed by atoms with Gasteiger partial charge in [0.1, 0.15) is 11.4 Å². The number of hydrogen-bond donors (Lipinski definition) is 1. The smallest absolute Gasteiger partial charge is 0.320 e. The molecule has 0 aliphatic carbocycles. The topological polar surface area (TPSA) is 132 Å². The van der Waals surface area contributed by atoms with Gasteiger partial charge in [-0.05, 0) is 236 Å². The molecule has 0 spiro atoms. The summed E-state index contributed by atoms with van der Waals surface area (Å²) in [5, 5.41) is 10.4. The van der Waals surface area contributed by atoms with E-state index >= 15 is 0 Å². The number of alkyl halides is 3. The first-order valence-corrected chi connectivity index (χ1v) is 38.0. The largest absolute Gasteiger partial charge is 0.433 e. The lowest BCUT2D eigenvalue weighted by Gasteiger charge is -2.23. The summed E-state index contributed by atoms with van der Waals surface area (Å²) in [5.41, 5.74) is 27.8. The fraction of sp³-hybridized carbons (Fsp3) is 0.307. The van der Waals surface area contributed by atoms with Crippen LogP contribution in [-0.4, -0.2) is 116 Å². The van der Waals surface area contributed by atoms with Crippen molar-refractivity contribution in [2.75, 3.05) is 54.4 Å². The highest BCUT2D eigenvalue weighted by Crippen LogP contribution is 2.37. The third-order valence-corrected chi connectivity index (χ3v) is 21.6. The minimum atomic E-state index is -4.42. The van der Waals surface area contributed by atoms with Crippen molar-refractivity contribution >= 4 is 77.2 Å². The van der Waals surface area contributed by atoms with E-state index in [2.05, 4.69) is 244 Å². The number of allylic oxidation sites excluding steroid dienone is 2. The Morgan fingerprint density at radius 2 is 0.887 bits per heavy atom. The molecule has 5 aromatic carbocycles. The van der Waals surface area contributed by atoms with Crippen LogP contribution in [0.4, 0.5) is 13.2 Å². The molecule has 7 aromatic heterocycles. The number of nitrogens with two attached hydrogens (primary N) is 1. The number of benzene rings is 5. The lowest BCUT2D eigenvalue weighted by molar-refractivity contribution is -0.141. The molecule has 0 atom stereocenters. The highest BCUT2D eigenvalue weighted by atomic mass is 32.2. The molecule has 0 radical (unpaired) electrons. The van der Waals surface area contributed by atoms with Crippen LogP contribution in [0.15, 0.2) is 157 Å². The van der Waals surface area contributed by atoms with Crippen LogP contribution in [0, 0.1) is 58.5 Å². The van der Waals surface area contributed by atoms with Crippen LogP contribution < -0.4 is 5.14 Å². The number of hydrogen-bond acceptors (Lipinski definition) is 9. The Morgan fingerprint density at radius 3 is 1.28 bits per heavy atom. The fourth-order valence-corrected chi connectivity index (χ4v) is 15.5. The average Bonchev–Trinajstić information content (AvgIpc) is 1.63. The van der Waals surface area contributed by atoms with E-state index < -0.39 is 21.9 Å². The molecular weight excluding hydrogens is 1350 g/mol. The van der Waals surface area contributed by atoms with E-state index in [4.69, 9.17) is 5.14 Å². The highest BCUT2D eigenvalue weighted by molar-refractivity contribution is 7.89. The summed E-state index contributed by atoms with van der Waals surface area (Å²) in [6.45, 7) is 24.9. The number of likely N-dealkylation sites (N-methyl/N-ethyl adjacent to an activating group) is 4. The van der Waals surface area contributed by atoms with E-state index in [1.54, 1.807) is 12.1 Å². The Morgan fingerprint density at radius 1 is 0.481 bits per heavy atom. The molecule has 4 aliphatic rings. The molecule has 0 bridgehead atoms. The summed E-state index contributed by atoms with van der Waals surface area (Å²) in [6.07, 6.45) is 11.3. The number of sulfonamides is 1. The van der Waals surface area contributed by atoms with Gasteiger partial charge in [-0.25, -0.2) is 18.5 Å². The zero-order valence-electron chi connectivity index (χ0n) is 62.8. The van der Waals surface area contributed by atoms with Gasteiger partial charge in [-0.1, -0.05) is 78.1 Å². The van der Waals surface area contributed by atoms with Crippen LogP contribution in [0.3, 0.4) is 0 Å². The molecule has 12 aromatic rings. The van der Waals surface area contributed by atoms with Crippen LogP contribution in [0.25, 0.3) is 67.2 Å². The van der Waals surface area contributed by atoms with Gasteiger partial charge in [0.2, 0.25) is 10.0 Å². The summed E-state index contributed by atoms with van der Waals surface area (Å²) < 4.78 is 70.0. The quantitative estimate of drug-likeness (QED) is 0.155. The number of halogens is 3. The number of nitrogens with zero attached hydrogens (tertiary/aromatic N) is 11. The predicted molar refractivity (Wildman–Crippen MR) is 425 cm³/mol. The Hall–Kier alpha value is -10.2. The summed E-state index contributed by atoms with van der Waals surface area (Å²) in [4.78, 5) is 22.2. The number of pyridine rings is 3. The lowest BCUT2D eigenvalue weighted by atomic mass is 10.0. The van der Waals surface area contributed by atoms with Gasteiger partial charge in [0.05, 0.1) is 27.0 Å². The van der Waals surface area contributed by atoms with Gasteiger partial charge in [-0.3, -0.25) is 19.1 Å². The van der Waals surface area contributed by atoms with Gasteiger partial charge >= 0.3 is 6.18 Å². The second-order valence-corrected chi connectivity index (χ2v) is 30.8. The first-order chi connectivity index (χ1) is 50.7. The molecule has 0 saturated heterocycles. The Balaban J connectivity index is 0.000000125. The summed E-state index contributed by atoms with van der Waals surface area (Å²) >= 11 is 0. The molecule has 16 rings (SSSR count). The van der Waals surface area contributed by atoms with Crippen molar-refractivity contribution in [2.24, 2.45) is 5.14 Å². The summed E-state index contributed by atoms with van der Waals surface area (Å²) in [5.74, 6) is 6.39. The Bertz CT molecular complexity index is 5620. The van der Waals surface area contributed by atoms with Crippen molar-refractivity contribution in [3.8, 4) is 23.9 Å². The third kappa shape index (κ3) is 16.3. The predicted octanol–water partition coefficient (Wildman–Crippen LogP) is 16.6. The van der Waals surface area contributed by atoms with Crippen LogP contribution in [0.1, 0.15) is 134 Å². The van der Waals surface area contributed by atoms with E-state index in [0.717, 1.165) is 130 Å². The van der Waals surface area contributed by atoms with Crippen LogP contribution >= 0.6 is 0 Å². The SMILES string of the molecule is C/C(=C\n1c2c(c3cc(C)ccc31)CN(C)CC2)c1ccc(C(F)(F)F)nc1.CCCc1ccc(/C(C)=C/n2c3c(c4cc(C)ccc42)CN(C)CC3)cn1.Cc1ccc(C#Cn2c3c(c4cc(C)ccc42)CN(C)CC3)nc1.Cc1ccc2c(c1)c1c(n2C#Cc2ccc(S(N)(=O)=O)cc2)CCN(C)C1. The third-order valence-electron chi connectivity index (χ3n) is 20.7. The molecule has 2 N–H and O–H groups in total. The molecule has 4 aliphatic heterocycles. The highest BCUT2D eigenvalue weighted by Gasteiger charge is 2.32. The number of aryl methyl sites for hydroxylation is 6. The molecule has 0 amide bonds. The number of primary sulfonamides is 1. The van der Waals surface area contributed by atoms with E-state index in [0.29, 0.717) is 5.56 Å². The molecular formula is C88H93F3N12O2S. The van der Waals surface area contributed by atoms with Gasteiger partial charge < -0.3 is 28.7 Å². The van der Waals surface area contributed by atoms with E-state index in [1.165, 1.54) is 141 Å². The van der Waals surface area contributed by atoms with Crippen molar-refractivity contribution in [2.45, 2.75) is 131 Å². The second-order valence-electron chi connectivity index (χ2n) is 29.3. The van der Waals surface area contributed by atoms with Crippen LogP contribution in [0.5, 0.6) is 0 Å². The van der Waals surface area contributed by atoms with Crippen molar-refractivity contribution in [1.29, 1.82) is 0 Å². The second kappa shape index (κ2) is 31.1. The first-order valence-electron chi connectivity index (χ1n) is 36.4. The van der Waals surface area contributed by atoms with Crippen molar-refractivity contribution in [3.63, 3.8) is 0 Å². The summed E-state index contributed by atoms with van der Waals surface area (Å²) in [6, 6.07) is 50.3. The van der Waals surface area contributed by atoms with Gasteiger partial charge in [0, 0.05) is 177 Å². The number of rotatable bonds is 7. The zero-order chi connectivity index (χ0) is 74.9. The van der Waals surface area contributed by atoms with E-state index in [1.807, 2.05) is 38.5 Å². The zero-order valence-corrected chi connectivity index (χ0v) is 63.7. The minimum Gasteiger partial charge on any atom is -0.320 e. The lowest BCUT2D eigenvalue weighted by Crippen LogP contribution is -2.27. The maximum absolute atomic E-state index is 12.8. The monoisotopic (exact) mass is 1440 g/mol. The first kappa shape index (κ1) is 74.1. The standard InChI is InChI=1S/C24H29N3.C22H22F3N3.C21H21N3O2S.C21H21N3/c1-5-6-20-9-8-19(14-25-20)18(3)15-27-23-10-7-17(2)13-21(23)22-16-26(4)12-11-24(22)27;1-14-4-6-19-17(10-14)18-13-27(3)9-8-20(18)28(19)12-15(2)16-5-7-21(26-11-16)22(23,24)25;1-15-3-8-20-18(13-15)19-14-23(2)11-10-21(19)24(20)12-9-16-4-6-17(7-5-16)27(22,25)26;1-15-5-7-20-18(12-15)19-14-23(3)10-9-21(19)24(20)11-8-17-6-4-16(2)13-22-17/h7-10,13-15H,5-6,11-12,16H2,1-4H3;4-7,10-12H,8-9,13H2,1-3H3;3-8,13H,10-11,14H2,1-2H3,(H2,22,25,26);4-7,12-13H,9-10,14H2,1-3H3/b18-15+;15-12+;;. The fourth-order valence-electron chi connectivity index (χ4n) is 14.9. The van der Waals surface area contributed by atoms with Gasteiger partial charge in [-0.2, -0.15) is 13.2 Å². The maximum Gasteiger partial charge on any atom is 0.433 e. The molecule has 0 saturated carbocycles. The Kier molecular flexibility index (Phi) is 21.8. The normalized spacial score (nSPS) is 15.1.